The highest BCUT2D eigenvalue weighted by atomic mass is 16.1. The van der Waals surface area contributed by atoms with Crippen molar-refractivity contribution >= 4 is 10.9 Å². The zero-order chi connectivity index (χ0) is 14.5. The van der Waals surface area contributed by atoms with E-state index in [1.165, 1.54) is 25.8 Å². The summed E-state index contributed by atoms with van der Waals surface area (Å²) in [6, 6.07) is 1.63. The van der Waals surface area contributed by atoms with Crippen molar-refractivity contribution in [3.8, 4) is 0 Å². The minimum atomic E-state index is -0.165. The van der Waals surface area contributed by atoms with Crippen LogP contribution < -0.4 is 11.3 Å². The summed E-state index contributed by atoms with van der Waals surface area (Å²) in [5.41, 5.74) is 6.51. The standard InChI is InChI=1S/C8H8N4O.C6H13N/c9-3-6-7-5(1-2-10-6)8(13)12-4-11-7;1-6-3-4-7(2)5-6/h1-2,4H,3,9H2,(H,11,12,13);6H,3-5H2,1-2H3. The maximum absolute atomic E-state index is 11.3. The molecule has 6 heteroatoms. The van der Waals surface area contributed by atoms with Gasteiger partial charge in [0.1, 0.15) is 5.52 Å². The molecule has 0 bridgehead atoms. The van der Waals surface area contributed by atoms with Crippen molar-refractivity contribution in [1.82, 2.24) is 19.9 Å². The van der Waals surface area contributed by atoms with E-state index in [0.29, 0.717) is 16.6 Å². The molecule has 2 aromatic heterocycles. The minimum Gasteiger partial charge on any atom is -0.325 e. The first-order valence-electron chi connectivity index (χ1n) is 6.81. The molecule has 3 heterocycles. The molecule has 0 radical (unpaired) electrons. The quantitative estimate of drug-likeness (QED) is 0.801. The van der Waals surface area contributed by atoms with Gasteiger partial charge in [-0.1, -0.05) is 6.92 Å². The Morgan fingerprint density at radius 2 is 2.30 bits per heavy atom. The van der Waals surface area contributed by atoms with Crippen LogP contribution in [-0.2, 0) is 6.54 Å². The van der Waals surface area contributed by atoms with Gasteiger partial charge in [-0.05, 0) is 32.0 Å². The van der Waals surface area contributed by atoms with Crippen LogP contribution in [0.4, 0.5) is 0 Å². The molecule has 3 N–H and O–H groups in total. The maximum Gasteiger partial charge on any atom is 0.258 e. The normalized spacial score (nSPS) is 18.9. The van der Waals surface area contributed by atoms with Gasteiger partial charge in [-0.15, -0.1) is 0 Å². The number of rotatable bonds is 1. The van der Waals surface area contributed by atoms with E-state index in [2.05, 4.69) is 33.8 Å². The van der Waals surface area contributed by atoms with Gasteiger partial charge in [-0.25, -0.2) is 4.98 Å². The fraction of sp³-hybridized carbons (Fsp3) is 0.500. The molecule has 0 aliphatic carbocycles. The zero-order valence-corrected chi connectivity index (χ0v) is 12.0. The molecule has 1 aliphatic rings. The van der Waals surface area contributed by atoms with Crippen molar-refractivity contribution in [3.63, 3.8) is 0 Å². The van der Waals surface area contributed by atoms with Crippen LogP contribution in [0.2, 0.25) is 0 Å². The molecule has 20 heavy (non-hydrogen) atoms. The first kappa shape index (κ1) is 14.6. The highest BCUT2D eigenvalue weighted by Gasteiger charge is 2.13. The summed E-state index contributed by atoms with van der Waals surface area (Å²) in [6.07, 6.45) is 4.31. The average Bonchev–Trinajstić information content (AvgIpc) is 2.83. The number of aromatic amines is 1. The Labute approximate surface area is 118 Å². The number of nitrogens with one attached hydrogen (secondary N) is 1. The summed E-state index contributed by atoms with van der Waals surface area (Å²) in [6.45, 7) is 5.21. The number of H-pyrrole nitrogens is 1. The van der Waals surface area contributed by atoms with Gasteiger partial charge in [0.25, 0.3) is 5.56 Å². The summed E-state index contributed by atoms with van der Waals surface area (Å²) < 4.78 is 0. The molecule has 0 aromatic carbocycles. The van der Waals surface area contributed by atoms with Crippen molar-refractivity contribution in [2.24, 2.45) is 11.7 Å². The van der Waals surface area contributed by atoms with Gasteiger partial charge in [0.15, 0.2) is 0 Å². The largest absolute Gasteiger partial charge is 0.325 e. The smallest absolute Gasteiger partial charge is 0.258 e. The lowest BCUT2D eigenvalue weighted by atomic mass is 10.2. The molecule has 0 spiro atoms. The number of hydrogen-bond donors (Lipinski definition) is 2. The van der Waals surface area contributed by atoms with Crippen molar-refractivity contribution in [3.05, 3.63) is 34.6 Å². The van der Waals surface area contributed by atoms with E-state index in [0.717, 1.165) is 5.92 Å². The SMILES string of the molecule is CC1CCN(C)C1.NCc1nccc2c(=O)[nH]cnc12. The molecule has 0 saturated carbocycles. The third-order valence-corrected chi connectivity index (χ3v) is 3.45. The maximum atomic E-state index is 11.3. The van der Waals surface area contributed by atoms with Crippen molar-refractivity contribution < 1.29 is 0 Å². The van der Waals surface area contributed by atoms with E-state index < -0.39 is 0 Å². The molecule has 0 amide bonds. The molecule has 1 fully saturated rings. The molecule has 6 nitrogen and oxygen atoms in total. The lowest BCUT2D eigenvalue weighted by Crippen LogP contribution is -2.12. The second kappa shape index (κ2) is 6.58. The highest BCUT2D eigenvalue weighted by molar-refractivity contribution is 5.78. The number of fused-ring (bicyclic) bond motifs is 1. The van der Waals surface area contributed by atoms with Crippen molar-refractivity contribution in [1.29, 1.82) is 0 Å². The fourth-order valence-corrected chi connectivity index (χ4v) is 2.36. The molecule has 1 saturated heterocycles. The van der Waals surface area contributed by atoms with E-state index in [4.69, 9.17) is 5.73 Å². The first-order valence-corrected chi connectivity index (χ1v) is 6.81. The van der Waals surface area contributed by atoms with E-state index in [-0.39, 0.29) is 12.1 Å². The van der Waals surface area contributed by atoms with Crippen LogP contribution >= 0.6 is 0 Å². The molecule has 1 atom stereocenters. The van der Waals surface area contributed by atoms with E-state index in [9.17, 15) is 4.79 Å². The molecule has 3 rings (SSSR count). The first-order chi connectivity index (χ1) is 9.61. The molecular formula is C14H21N5O. The van der Waals surface area contributed by atoms with Gasteiger partial charge < -0.3 is 15.6 Å². The number of nitrogens with zero attached hydrogens (tertiary/aromatic N) is 3. The van der Waals surface area contributed by atoms with Crippen LogP contribution in [-0.4, -0.2) is 40.0 Å². The van der Waals surface area contributed by atoms with Gasteiger partial charge in [0.2, 0.25) is 0 Å². The molecule has 108 valence electrons. The van der Waals surface area contributed by atoms with Gasteiger partial charge >= 0.3 is 0 Å². The van der Waals surface area contributed by atoms with Crippen LogP contribution in [0.3, 0.4) is 0 Å². The Bertz CT molecular complexity index is 616. The topological polar surface area (TPSA) is 87.9 Å². The van der Waals surface area contributed by atoms with Crippen LogP contribution in [0, 0.1) is 5.92 Å². The van der Waals surface area contributed by atoms with Gasteiger partial charge in [0.05, 0.1) is 17.4 Å². The van der Waals surface area contributed by atoms with Gasteiger partial charge in [-0.3, -0.25) is 9.78 Å². The van der Waals surface area contributed by atoms with Crippen LogP contribution in [0.25, 0.3) is 10.9 Å². The number of hydrogen-bond acceptors (Lipinski definition) is 5. The van der Waals surface area contributed by atoms with Crippen LogP contribution in [0.5, 0.6) is 0 Å². The second-order valence-corrected chi connectivity index (χ2v) is 5.25. The number of pyridine rings is 1. The summed E-state index contributed by atoms with van der Waals surface area (Å²) >= 11 is 0. The summed E-state index contributed by atoms with van der Waals surface area (Å²) in [5, 5.41) is 0.526. The lowest BCUT2D eigenvalue weighted by Gasteiger charge is -2.03. The predicted octanol–water partition coefficient (Wildman–Crippen LogP) is 0.735. The molecular weight excluding hydrogens is 254 g/mol. The Morgan fingerprint density at radius 1 is 1.50 bits per heavy atom. The van der Waals surface area contributed by atoms with Gasteiger partial charge in [0, 0.05) is 19.3 Å². The van der Waals surface area contributed by atoms with Crippen LogP contribution in [0.1, 0.15) is 19.0 Å². The Kier molecular flexibility index (Phi) is 4.81. The highest BCUT2D eigenvalue weighted by Crippen LogP contribution is 2.11. The minimum absolute atomic E-state index is 0.165. The Balaban J connectivity index is 0.000000178. The average molecular weight is 275 g/mol. The molecule has 2 aromatic rings. The van der Waals surface area contributed by atoms with E-state index >= 15 is 0 Å². The fourth-order valence-electron chi connectivity index (χ4n) is 2.36. The number of nitrogens with two attached hydrogens (primary N) is 1. The number of likely N-dealkylation sites (tertiary alicyclic amines) is 1. The third-order valence-electron chi connectivity index (χ3n) is 3.45. The van der Waals surface area contributed by atoms with Crippen molar-refractivity contribution in [2.45, 2.75) is 19.9 Å². The van der Waals surface area contributed by atoms with Gasteiger partial charge in [-0.2, -0.15) is 0 Å². The Morgan fingerprint density at radius 3 is 2.85 bits per heavy atom. The number of aromatic nitrogens is 3. The molecule has 1 unspecified atom stereocenters. The summed E-state index contributed by atoms with van der Waals surface area (Å²) in [5.74, 6) is 0.949. The zero-order valence-electron chi connectivity index (χ0n) is 12.0. The molecule has 1 aliphatic heterocycles. The van der Waals surface area contributed by atoms with E-state index in [1.54, 1.807) is 12.3 Å². The third kappa shape index (κ3) is 3.40. The Hall–Kier alpha value is -1.79. The second-order valence-electron chi connectivity index (χ2n) is 5.25. The lowest BCUT2D eigenvalue weighted by molar-refractivity contribution is 0.402. The van der Waals surface area contributed by atoms with E-state index in [1.807, 2.05) is 0 Å². The summed E-state index contributed by atoms with van der Waals surface area (Å²) in [4.78, 5) is 24.2. The monoisotopic (exact) mass is 275 g/mol. The summed E-state index contributed by atoms with van der Waals surface area (Å²) in [7, 11) is 2.18. The predicted molar refractivity (Wildman–Crippen MR) is 79.3 cm³/mol. The van der Waals surface area contributed by atoms with Crippen LogP contribution in [0.15, 0.2) is 23.4 Å². The van der Waals surface area contributed by atoms with Crippen molar-refractivity contribution in [2.75, 3.05) is 20.1 Å².